The summed E-state index contributed by atoms with van der Waals surface area (Å²) in [5, 5.41) is 8.82. The van der Waals surface area contributed by atoms with Crippen molar-refractivity contribution in [2.45, 2.75) is 45.4 Å². The number of aromatic amines is 1. The Labute approximate surface area is 212 Å². The minimum absolute atomic E-state index is 0.178. The highest BCUT2D eigenvalue weighted by molar-refractivity contribution is 5.92. The molecule has 4 aromatic rings. The third-order valence-electron chi connectivity index (χ3n) is 7.37. The standard InChI is InChI=1S/C28H36N6O2/c1-18(2)26-23-14-21(20-7-10-33(11-8-20)25(35)15-29-9-12-36-4)5-6-24(23)32-27(26)22-13-19(3)28-30-17-31-34(28)16-22/h5-6,13-14,16-18,20,29,32H,7-12,15H2,1-4H3. The van der Waals surface area contributed by atoms with E-state index in [-0.39, 0.29) is 5.91 Å². The molecular formula is C28H36N6O2. The van der Waals surface area contributed by atoms with Crippen molar-refractivity contribution in [1.29, 1.82) is 0 Å². The van der Waals surface area contributed by atoms with Crippen molar-refractivity contribution in [3.8, 4) is 11.3 Å². The number of pyridine rings is 1. The Morgan fingerprint density at radius 2 is 2.06 bits per heavy atom. The molecule has 2 N–H and O–H groups in total. The number of methoxy groups -OCH3 is 1. The lowest BCUT2D eigenvalue weighted by molar-refractivity contribution is -0.131. The normalized spacial score (nSPS) is 15.0. The maximum atomic E-state index is 12.5. The van der Waals surface area contributed by atoms with Gasteiger partial charge in [0.25, 0.3) is 0 Å². The van der Waals surface area contributed by atoms with Gasteiger partial charge in [-0.25, -0.2) is 9.50 Å². The molecule has 1 aliphatic rings. The third kappa shape index (κ3) is 4.75. The Bertz CT molecular complexity index is 1360. The summed E-state index contributed by atoms with van der Waals surface area (Å²) < 4.78 is 6.89. The molecular weight excluding hydrogens is 452 g/mol. The van der Waals surface area contributed by atoms with Crippen LogP contribution in [0.4, 0.5) is 0 Å². The molecule has 5 rings (SSSR count). The van der Waals surface area contributed by atoms with E-state index < -0.39 is 0 Å². The van der Waals surface area contributed by atoms with E-state index in [4.69, 9.17) is 4.74 Å². The van der Waals surface area contributed by atoms with E-state index in [0.29, 0.717) is 31.5 Å². The lowest BCUT2D eigenvalue weighted by Gasteiger charge is -2.32. The number of aryl methyl sites for hydroxylation is 1. The number of H-pyrrole nitrogens is 1. The van der Waals surface area contributed by atoms with Crippen LogP contribution in [0.5, 0.6) is 0 Å². The molecule has 3 aromatic heterocycles. The maximum absolute atomic E-state index is 12.5. The average Bonchev–Trinajstić information content (AvgIpc) is 3.51. The largest absolute Gasteiger partial charge is 0.383 e. The van der Waals surface area contributed by atoms with Crippen LogP contribution in [0.1, 0.15) is 55.2 Å². The van der Waals surface area contributed by atoms with Crippen molar-refractivity contribution in [2.75, 3.05) is 39.9 Å². The van der Waals surface area contributed by atoms with E-state index in [0.717, 1.165) is 53.9 Å². The number of benzene rings is 1. The van der Waals surface area contributed by atoms with Crippen molar-refractivity contribution >= 4 is 22.5 Å². The predicted octanol–water partition coefficient (Wildman–Crippen LogP) is 4.25. The molecule has 1 fully saturated rings. The fourth-order valence-electron chi connectivity index (χ4n) is 5.49. The molecule has 8 nitrogen and oxygen atoms in total. The highest BCUT2D eigenvalue weighted by Crippen LogP contribution is 2.38. The van der Waals surface area contributed by atoms with Gasteiger partial charge in [0.05, 0.1) is 18.8 Å². The number of fused-ring (bicyclic) bond motifs is 2. The van der Waals surface area contributed by atoms with E-state index in [2.05, 4.69) is 71.6 Å². The molecule has 0 spiro atoms. The lowest BCUT2D eigenvalue weighted by atomic mass is 9.87. The maximum Gasteiger partial charge on any atom is 0.236 e. The first-order valence-corrected chi connectivity index (χ1v) is 12.9. The van der Waals surface area contributed by atoms with Crippen LogP contribution in [0.2, 0.25) is 0 Å². The van der Waals surface area contributed by atoms with Gasteiger partial charge in [-0.15, -0.1) is 0 Å². The summed E-state index contributed by atoms with van der Waals surface area (Å²) >= 11 is 0. The van der Waals surface area contributed by atoms with Gasteiger partial charge in [-0.05, 0) is 66.5 Å². The van der Waals surface area contributed by atoms with Crippen molar-refractivity contribution in [3.63, 3.8) is 0 Å². The van der Waals surface area contributed by atoms with Gasteiger partial charge >= 0.3 is 0 Å². The minimum Gasteiger partial charge on any atom is -0.383 e. The van der Waals surface area contributed by atoms with Gasteiger partial charge in [-0.3, -0.25) is 4.79 Å². The number of piperidine rings is 1. The first-order valence-electron chi connectivity index (χ1n) is 12.9. The monoisotopic (exact) mass is 488 g/mol. The number of rotatable bonds is 8. The summed E-state index contributed by atoms with van der Waals surface area (Å²) in [6.45, 7) is 9.89. The van der Waals surface area contributed by atoms with Crippen LogP contribution >= 0.6 is 0 Å². The summed E-state index contributed by atoms with van der Waals surface area (Å²) in [4.78, 5) is 22.6. The number of hydrogen-bond acceptors (Lipinski definition) is 5. The molecule has 0 atom stereocenters. The van der Waals surface area contributed by atoms with Crippen molar-refractivity contribution in [2.24, 2.45) is 0 Å². The van der Waals surface area contributed by atoms with Crippen LogP contribution < -0.4 is 5.32 Å². The van der Waals surface area contributed by atoms with Crippen LogP contribution in [0, 0.1) is 6.92 Å². The second-order valence-electron chi connectivity index (χ2n) is 10.1. The van der Waals surface area contributed by atoms with E-state index >= 15 is 0 Å². The van der Waals surface area contributed by atoms with Crippen molar-refractivity contribution in [3.05, 3.63) is 53.5 Å². The van der Waals surface area contributed by atoms with Gasteiger partial charge in [0.1, 0.15) is 6.33 Å². The van der Waals surface area contributed by atoms with Crippen LogP contribution in [0.3, 0.4) is 0 Å². The molecule has 8 heteroatoms. The van der Waals surface area contributed by atoms with Crippen LogP contribution in [0.15, 0.2) is 36.8 Å². The van der Waals surface area contributed by atoms with Crippen molar-refractivity contribution in [1.82, 2.24) is 29.8 Å². The number of nitrogens with one attached hydrogen (secondary N) is 2. The van der Waals surface area contributed by atoms with Gasteiger partial charge in [0.2, 0.25) is 5.91 Å². The quantitative estimate of drug-likeness (QED) is 0.362. The third-order valence-corrected chi connectivity index (χ3v) is 7.37. The minimum atomic E-state index is 0.178. The molecule has 1 saturated heterocycles. The summed E-state index contributed by atoms with van der Waals surface area (Å²) in [6, 6.07) is 9.05. The number of aromatic nitrogens is 4. The SMILES string of the molecule is COCCNCC(=O)N1CCC(c2ccc3[nH]c(-c4cc(C)c5ncnn5c4)c(C(C)C)c3c2)CC1. The fraction of sp³-hybridized carbons (Fsp3) is 0.464. The highest BCUT2D eigenvalue weighted by atomic mass is 16.5. The summed E-state index contributed by atoms with van der Waals surface area (Å²) in [5.41, 5.74) is 8.12. The molecule has 0 aliphatic carbocycles. The summed E-state index contributed by atoms with van der Waals surface area (Å²) in [7, 11) is 1.67. The van der Waals surface area contributed by atoms with Gasteiger partial charge in [0.15, 0.2) is 5.65 Å². The number of carbonyl (C=O) groups excluding carboxylic acids is 1. The molecule has 1 aliphatic heterocycles. The van der Waals surface area contributed by atoms with E-state index in [9.17, 15) is 4.79 Å². The number of carbonyl (C=O) groups is 1. The van der Waals surface area contributed by atoms with Crippen LogP contribution in [-0.4, -0.2) is 70.3 Å². The van der Waals surface area contributed by atoms with Crippen molar-refractivity contribution < 1.29 is 9.53 Å². The molecule has 36 heavy (non-hydrogen) atoms. The Kier molecular flexibility index (Phi) is 7.07. The van der Waals surface area contributed by atoms with Gasteiger partial charge in [-0.1, -0.05) is 19.9 Å². The Balaban J connectivity index is 1.37. The Morgan fingerprint density at radius 3 is 2.81 bits per heavy atom. The van der Waals surface area contributed by atoms with Gasteiger partial charge in [0, 0.05) is 49.4 Å². The van der Waals surface area contributed by atoms with E-state index in [1.54, 1.807) is 13.4 Å². The zero-order valence-electron chi connectivity index (χ0n) is 21.7. The summed E-state index contributed by atoms with van der Waals surface area (Å²) in [6.07, 6.45) is 5.64. The number of likely N-dealkylation sites (tertiary alicyclic amines) is 1. The Hall–Kier alpha value is -3.23. The molecule has 0 bridgehead atoms. The van der Waals surface area contributed by atoms with Crippen LogP contribution in [-0.2, 0) is 9.53 Å². The summed E-state index contributed by atoms with van der Waals surface area (Å²) in [5.74, 6) is 1.00. The number of nitrogens with zero attached hydrogens (tertiary/aromatic N) is 4. The number of amides is 1. The van der Waals surface area contributed by atoms with Gasteiger partial charge < -0.3 is 19.9 Å². The average molecular weight is 489 g/mol. The van der Waals surface area contributed by atoms with E-state index in [1.165, 1.54) is 16.5 Å². The lowest BCUT2D eigenvalue weighted by Crippen LogP contribution is -2.43. The zero-order chi connectivity index (χ0) is 25.2. The molecule has 1 amide bonds. The molecule has 4 heterocycles. The molecule has 190 valence electrons. The second-order valence-corrected chi connectivity index (χ2v) is 10.1. The van der Waals surface area contributed by atoms with Crippen LogP contribution in [0.25, 0.3) is 27.8 Å². The Morgan fingerprint density at radius 1 is 1.25 bits per heavy atom. The molecule has 1 aromatic carbocycles. The second kappa shape index (κ2) is 10.4. The first kappa shape index (κ1) is 24.5. The molecule has 0 saturated carbocycles. The molecule has 0 unspecified atom stereocenters. The number of ether oxygens (including phenoxy) is 1. The first-order chi connectivity index (χ1) is 17.5. The smallest absolute Gasteiger partial charge is 0.236 e. The molecule has 0 radical (unpaired) electrons. The zero-order valence-corrected chi connectivity index (χ0v) is 21.7. The van der Waals surface area contributed by atoms with Gasteiger partial charge in [-0.2, -0.15) is 5.10 Å². The number of hydrogen-bond donors (Lipinski definition) is 2. The van der Waals surface area contributed by atoms with E-state index in [1.807, 2.05) is 9.42 Å². The fourth-order valence-corrected chi connectivity index (χ4v) is 5.49. The highest BCUT2D eigenvalue weighted by Gasteiger charge is 2.25. The predicted molar refractivity (Wildman–Crippen MR) is 142 cm³/mol. The topological polar surface area (TPSA) is 87.5 Å².